The number of aliphatic hydroxyl groups excluding tert-OH is 2. The van der Waals surface area contributed by atoms with Crippen molar-refractivity contribution in [2.45, 2.75) is 25.9 Å². The molecule has 0 aliphatic carbocycles. The molecule has 0 bridgehead atoms. The van der Waals surface area contributed by atoms with Crippen molar-refractivity contribution in [1.29, 1.82) is 0 Å². The molecule has 0 amide bonds. The Labute approximate surface area is 90.3 Å². The molecule has 84 valence electrons. The van der Waals surface area contributed by atoms with Gasteiger partial charge in [-0.05, 0) is 31.4 Å². The maximum absolute atomic E-state index is 9.25. The van der Waals surface area contributed by atoms with E-state index in [4.69, 9.17) is 9.84 Å². The van der Waals surface area contributed by atoms with Gasteiger partial charge in [-0.15, -0.1) is 0 Å². The normalized spacial score (nSPS) is 12.5. The first kappa shape index (κ1) is 12.0. The van der Waals surface area contributed by atoms with Gasteiger partial charge >= 0.3 is 0 Å². The Morgan fingerprint density at radius 2 is 2.07 bits per heavy atom. The highest BCUT2D eigenvalue weighted by Gasteiger charge is 2.06. The van der Waals surface area contributed by atoms with Gasteiger partial charge in [-0.3, -0.25) is 0 Å². The molecule has 3 heteroatoms. The molecule has 2 N–H and O–H groups in total. The fraction of sp³-hybridized carbons (Fsp3) is 0.500. The van der Waals surface area contributed by atoms with Gasteiger partial charge in [0.2, 0.25) is 0 Å². The Morgan fingerprint density at radius 1 is 1.33 bits per heavy atom. The zero-order valence-electron chi connectivity index (χ0n) is 9.02. The predicted octanol–water partition coefficient (Wildman–Crippen LogP) is 1.37. The van der Waals surface area contributed by atoms with Crippen LogP contribution in [0.4, 0.5) is 0 Å². The predicted molar refractivity (Wildman–Crippen MR) is 59.0 cm³/mol. The molecular formula is C12H18O3. The number of rotatable bonds is 6. The van der Waals surface area contributed by atoms with Crippen LogP contribution in [0.5, 0.6) is 5.75 Å². The first-order valence-corrected chi connectivity index (χ1v) is 5.27. The van der Waals surface area contributed by atoms with Gasteiger partial charge in [0.05, 0.1) is 19.3 Å². The third kappa shape index (κ3) is 3.90. The molecule has 0 aliphatic heterocycles. The Morgan fingerprint density at radius 3 is 2.73 bits per heavy atom. The third-order valence-corrected chi connectivity index (χ3v) is 2.23. The fourth-order valence-electron chi connectivity index (χ4n) is 1.42. The number of para-hydroxylation sites is 1. The largest absolute Gasteiger partial charge is 0.494 e. The zero-order valence-corrected chi connectivity index (χ0v) is 9.02. The molecule has 15 heavy (non-hydrogen) atoms. The molecule has 0 fully saturated rings. The summed E-state index contributed by atoms with van der Waals surface area (Å²) in [6.45, 7) is 2.40. The van der Waals surface area contributed by atoms with Crippen molar-refractivity contribution in [2.75, 3.05) is 13.2 Å². The maximum atomic E-state index is 9.25. The van der Waals surface area contributed by atoms with E-state index in [-0.39, 0.29) is 6.61 Å². The van der Waals surface area contributed by atoms with E-state index < -0.39 is 6.10 Å². The molecule has 0 saturated carbocycles. The van der Waals surface area contributed by atoms with Crippen LogP contribution in [0.15, 0.2) is 24.3 Å². The molecule has 3 nitrogen and oxygen atoms in total. The SMILES string of the molecule is CCOc1ccccc1CCC(O)CO. The molecule has 1 aromatic rings. The Balaban J connectivity index is 2.58. The Bertz CT molecular complexity index is 286. The second kappa shape index (κ2) is 6.43. The van der Waals surface area contributed by atoms with Crippen molar-refractivity contribution in [3.63, 3.8) is 0 Å². The van der Waals surface area contributed by atoms with Gasteiger partial charge in [0, 0.05) is 0 Å². The summed E-state index contributed by atoms with van der Waals surface area (Å²) in [5, 5.41) is 18.0. The minimum absolute atomic E-state index is 0.184. The molecule has 0 heterocycles. The molecule has 0 saturated heterocycles. The van der Waals surface area contributed by atoms with Gasteiger partial charge in [0.1, 0.15) is 5.75 Å². The first-order chi connectivity index (χ1) is 7.27. The zero-order chi connectivity index (χ0) is 11.1. The average molecular weight is 210 g/mol. The molecule has 0 aliphatic rings. The lowest BCUT2D eigenvalue weighted by Gasteiger charge is -2.11. The lowest BCUT2D eigenvalue weighted by atomic mass is 10.1. The van der Waals surface area contributed by atoms with Crippen LogP contribution in [0.1, 0.15) is 18.9 Å². The molecule has 1 aromatic carbocycles. The highest BCUT2D eigenvalue weighted by Crippen LogP contribution is 2.19. The highest BCUT2D eigenvalue weighted by molar-refractivity contribution is 5.33. The van der Waals surface area contributed by atoms with E-state index in [9.17, 15) is 5.11 Å². The number of ether oxygens (including phenoxy) is 1. The van der Waals surface area contributed by atoms with E-state index in [1.54, 1.807) is 0 Å². The van der Waals surface area contributed by atoms with Gasteiger partial charge in [-0.25, -0.2) is 0 Å². The van der Waals surface area contributed by atoms with Crippen molar-refractivity contribution in [1.82, 2.24) is 0 Å². The Hall–Kier alpha value is -1.06. The topological polar surface area (TPSA) is 49.7 Å². The van der Waals surface area contributed by atoms with Crippen molar-refractivity contribution >= 4 is 0 Å². The number of hydrogen-bond acceptors (Lipinski definition) is 3. The minimum atomic E-state index is -0.639. The van der Waals surface area contributed by atoms with Gasteiger partial charge in [-0.2, -0.15) is 0 Å². The van der Waals surface area contributed by atoms with Crippen molar-refractivity contribution in [3.8, 4) is 5.75 Å². The second-order valence-electron chi connectivity index (χ2n) is 3.42. The monoisotopic (exact) mass is 210 g/mol. The smallest absolute Gasteiger partial charge is 0.122 e. The Kier molecular flexibility index (Phi) is 5.15. The molecule has 0 spiro atoms. The lowest BCUT2D eigenvalue weighted by molar-refractivity contribution is 0.0884. The summed E-state index contributed by atoms with van der Waals surface area (Å²) in [4.78, 5) is 0. The molecule has 0 radical (unpaired) electrons. The van der Waals surface area contributed by atoms with Gasteiger partial charge in [0.15, 0.2) is 0 Å². The van der Waals surface area contributed by atoms with E-state index >= 15 is 0 Å². The van der Waals surface area contributed by atoms with Crippen LogP contribution in [0, 0.1) is 0 Å². The second-order valence-corrected chi connectivity index (χ2v) is 3.42. The van der Waals surface area contributed by atoms with E-state index in [0.717, 1.165) is 17.7 Å². The van der Waals surface area contributed by atoms with E-state index in [1.165, 1.54) is 0 Å². The fourth-order valence-corrected chi connectivity index (χ4v) is 1.42. The highest BCUT2D eigenvalue weighted by atomic mass is 16.5. The summed E-state index contributed by atoms with van der Waals surface area (Å²) in [7, 11) is 0. The van der Waals surface area contributed by atoms with Crippen LogP contribution in [-0.2, 0) is 6.42 Å². The van der Waals surface area contributed by atoms with Crippen LogP contribution < -0.4 is 4.74 Å². The summed E-state index contributed by atoms with van der Waals surface area (Å²) in [5.41, 5.74) is 1.08. The van der Waals surface area contributed by atoms with E-state index in [0.29, 0.717) is 13.0 Å². The molecule has 1 atom stereocenters. The maximum Gasteiger partial charge on any atom is 0.122 e. The van der Waals surface area contributed by atoms with Crippen LogP contribution in [0.3, 0.4) is 0 Å². The lowest BCUT2D eigenvalue weighted by Crippen LogP contribution is -2.13. The quantitative estimate of drug-likeness (QED) is 0.745. The van der Waals surface area contributed by atoms with Crippen LogP contribution >= 0.6 is 0 Å². The van der Waals surface area contributed by atoms with E-state index in [2.05, 4.69) is 0 Å². The van der Waals surface area contributed by atoms with Crippen molar-refractivity contribution < 1.29 is 14.9 Å². The summed E-state index contributed by atoms with van der Waals surface area (Å²) in [6.07, 6.45) is 0.637. The van der Waals surface area contributed by atoms with Crippen molar-refractivity contribution in [2.24, 2.45) is 0 Å². The number of benzene rings is 1. The molecule has 1 rings (SSSR count). The summed E-state index contributed by atoms with van der Waals surface area (Å²) < 4.78 is 5.46. The number of aryl methyl sites for hydroxylation is 1. The number of hydrogen-bond donors (Lipinski definition) is 2. The summed E-state index contributed by atoms with van der Waals surface area (Å²) in [6, 6.07) is 7.78. The van der Waals surface area contributed by atoms with E-state index in [1.807, 2.05) is 31.2 Å². The average Bonchev–Trinajstić information content (AvgIpc) is 2.28. The van der Waals surface area contributed by atoms with Gasteiger partial charge in [0.25, 0.3) is 0 Å². The van der Waals surface area contributed by atoms with Gasteiger partial charge < -0.3 is 14.9 Å². The third-order valence-electron chi connectivity index (χ3n) is 2.23. The molecular weight excluding hydrogens is 192 g/mol. The van der Waals surface area contributed by atoms with Gasteiger partial charge in [-0.1, -0.05) is 18.2 Å². The minimum Gasteiger partial charge on any atom is -0.494 e. The standard InChI is InChI=1S/C12H18O3/c1-2-15-12-6-4-3-5-10(12)7-8-11(14)9-13/h3-6,11,13-14H,2,7-9H2,1H3. The van der Waals surface area contributed by atoms with Crippen LogP contribution in [-0.4, -0.2) is 29.5 Å². The van der Waals surface area contributed by atoms with Crippen LogP contribution in [0.2, 0.25) is 0 Å². The molecule has 1 unspecified atom stereocenters. The summed E-state index contributed by atoms with van der Waals surface area (Å²) in [5.74, 6) is 0.866. The van der Waals surface area contributed by atoms with Crippen molar-refractivity contribution in [3.05, 3.63) is 29.8 Å². The molecule has 0 aromatic heterocycles. The number of aliphatic hydroxyl groups is 2. The van der Waals surface area contributed by atoms with Crippen LogP contribution in [0.25, 0.3) is 0 Å². The first-order valence-electron chi connectivity index (χ1n) is 5.27. The summed E-state index contributed by atoms with van der Waals surface area (Å²) >= 11 is 0.